The van der Waals surface area contributed by atoms with Crippen LogP contribution in [0.2, 0.25) is 10.0 Å². The Balaban J connectivity index is 1.57. The summed E-state index contributed by atoms with van der Waals surface area (Å²) in [6.07, 6.45) is 3.92. The van der Waals surface area contributed by atoms with Gasteiger partial charge < -0.3 is 0 Å². The Labute approximate surface area is 176 Å². The molecule has 0 bridgehead atoms. The number of aryl methyl sites for hydroxylation is 1. The van der Waals surface area contributed by atoms with Crippen LogP contribution in [0.25, 0.3) is 16.7 Å². The molecular formula is C20H16Cl2N6O. The van der Waals surface area contributed by atoms with Gasteiger partial charge >= 0.3 is 0 Å². The van der Waals surface area contributed by atoms with Gasteiger partial charge in [0.2, 0.25) is 0 Å². The molecule has 1 amide bonds. The van der Waals surface area contributed by atoms with Crippen molar-refractivity contribution in [3.8, 4) is 5.69 Å². The third-order valence-corrected chi connectivity index (χ3v) is 5.17. The summed E-state index contributed by atoms with van der Waals surface area (Å²) in [7, 11) is 0. The van der Waals surface area contributed by atoms with Gasteiger partial charge in [-0.2, -0.15) is 5.10 Å². The number of anilines is 1. The second-order valence-corrected chi connectivity index (χ2v) is 7.06. The molecule has 4 aromatic rings. The van der Waals surface area contributed by atoms with Crippen molar-refractivity contribution in [1.82, 2.24) is 25.2 Å². The smallest absolute Gasteiger partial charge is 0.269 e. The van der Waals surface area contributed by atoms with Gasteiger partial charge in [-0.05, 0) is 42.3 Å². The van der Waals surface area contributed by atoms with Crippen LogP contribution in [-0.4, -0.2) is 25.7 Å². The molecule has 29 heavy (non-hydrogen) atoms. The normalized spacial score (nSPS) is 10.9. The van der Waals surface area contributed by atoms with Crippen molar-refractivity contribution in [2.24, 2.45) is 0 Å². The van der Waals surface area contributed by atoms with Crippen molar-refractivity contribution in [3.63, 3.8) is 0 Å². The number of halogens is 2. The number of carbonyl (C=O) groups excluding carboxylic acids is 1. The van der Waals surface area contributed by atoms with E-state index in [1.165, 1.54) is 11.9 Å². The highest BCUT2D eigenvalue weighted by Crippen LogP contribution is 2.27. The van der Waals surface area contributed by atoms with Gasteiger partial charge in [-0.1, -0.05) is 42.3 Å². The highest BCUT2D eigenvalue weighted by molar-refractivity contribution is 6.42. The summed E-state index contributed by atoms with van der Waals surface area (Å²) in [6.45, 7) is 2.06. The molecule has 2 aromatic carbocycles. The average molecular weight is 427 g/mol. The lowest BCUT2D eigenvalue weighted by atomic mass is 10.1. The van der Waals surface area contributed by atoms with Crippen LogP contribution in [0.1, 0.15) is 22.8 Å². The minimum Gasteiger partial charge on any atom is -0.281 e. The summed E-state index contributed by atoms with van der Waals surface area (Å²) in [4.78, 5) is 20.9. The van der Waals surface area contributed by atoms with Crippen LogP contribution in [0.3, 0.4) is 0 Å². The number of nitrogens with one attached hydrogen (secondary N) is 2. The van der Waals surface area contributed by atoms with Gasteiger partial charge in [-0.25, -0.2) is 14.6 Å². The summed E-state index contributed by atoms with van der Waals surface area (Å²) in [5, 5.41) is 5.88. The summed E-state index contributed by atoms with van der Waals surface area (Å²) < 4.78 is 1.62. The first-order valence-electron chi connectivity index (χ1n) is 8.86. The maximum Gasteiger partial charge on any atom is 0.269 e. The SMILES string of the molecule is CCc1ccc(C(=O)NNc2ncnc3c2cnn3-c2ccc(Cl)c(Cl)c2)cc1. The van der Waals surface area contributed by atoms with Crippen LogP contribution in [0.15, 0.2) is 55.0 Å². The first-order chi connectivity index (χ1) is 14.1. The predicted octanol–water partition coefficient (Wildman–Crippen LogP) is 4.44. The van der Waals surface area contributed by atoms with Crippen molar-refractivity contribution in [1.29, 1.82) is 0 Å². The molecule has 9 heteroatoms. The molecule has 0 atom stereocenters. The van der Waals surface area contributed by atoms with Crippen molar-refractivity contribution < 1.29 is 4.79 Å². The number of nitrogens with zero attached hydrogens (tertiary/aromatic N) is 4. The summed E-state index contributed by atoms with van der Waals surface area (Å²) in [5.41, 5.74) is 8.49. The van der Waals surface area contributed by atoms with E-state index in [2.05, 4.69) is 32.8 Å². The molecule has 7 nitrogen and oxygen atoms in total. The van der Waals surface area contributed by atoms with E-state index in [1.54, 1.807) is 41.2 Å². The van der Waals surface area contributed by atoms with Crippen LogP contribution in [0.5, 0.6) is 0 Å². The average Bonchev–Trinajstić information content (AvgIpc) is 3.19. The highest BCUT2D eigenvalue weighted by atomic mass is 35.5. The molecule has 2 N–H and O–H groups in total. The Bertz CT molecular complexity index is 1190. The second kappa shape index (κ2) is 8.06. The number of amides is 1. The number of hydrazine groups is 1. The Morgan fingerprint density at radius 2 is 1.86 bits per heavy atom. The zero-order chi connectivity index (χ0) is 20.4. The number of carbonyl (C=O) groups is 1. The molecule has 0 aliphatic heterocycles. The third kappa shape index (κ3) is 3.87. The van der Waals surface area contributed by atoms with Crippen molar-refractivity contribution >= 4 is 46.0 Å². The van der Waals surface area contributed by atoms with E-state index >= 15 is 0 Å². The maximum absolute atomic E-state index is 12.4. The molecule has 2 aromatic heterocycles. The number of rotatable bonds is 5. The summed E-state index contributed by atoms with van der Waals surface area (Å²) in [5.74, 6) is 0.163. The monoisotopic (exact) mass is 426 g/mol. The fourth-order valence-electron chi connectivity index (χ4n) is 2.83. The predicted molar refractivity (Wildman–Crippen MR) is 114 cm³/mol. The standard InChI is InChI=1S/C20H16Cl2N6O/c1-2-12-3-5-13(6-4-12)20(29)27-26-18-15-10-25-28(19(15)24-11-23-18)14-7-8-16(21)17(22)9-14/h3-11H,2H2,1H3,(H,27,29)(H,23,24,26). The van der Waals surface area contributed by atoms with Gasteiger partial charge in [0.15, 0.2) is 11.5 Å². The number of fused-ring (bicyclic) bond motifs is 1. The summed E-state index contributed by atoms with van der Waals surface area (Å²) in [6, 6.07) is 12.6. The van der Waals surface area contributed by atoms with Crippen LogP contribution in [0.4, 0.5) is 5.82 Å². The first kappa shape index (κ1) is 19.2. The van der Waals surface area contributed by atoms with Gasteiger partial charge in [0.05, 0.1) is 27.3 Å². The Hall–Kier alpha value is -3.16. The molecule has 146 valence electrons. The van der Waals surface area contributed by atoms with Crippen LogP contribution in [0, 0.1) is 0 Å². The molecule has 2 heterocycles. The Kier molecular flexibility index (Phi) is 5.33. The maximum atomic E-state index is 12.4. The fraction of sp³-hybridized carbons (Fsp3) is 0.100. The minimum atomic E-state index is -0.267. The molecular weight excluding hydrogens is 411 g/mol. The first-order valence-corrected chi connectivity index (χ1v) is 9.62. The van der Waals surface area contributed by atoms with E-state index in [0.717, 1.165) is 6.42 Å². The van der Waals surface area contributed by atoms with E-state index in [0.29, 0.717) is 38.1 Å². The Morgan fingerprint density at radius 3 is 2.59 bits per heavy atom. The summed E-state index contributed by atoms with van der Waals surface area (Å²) >= 11 is 12.1. The lowest BCUT2D eigenvalue weighted by molar-refractivity contribution is 0.0962. The van der Waals surface area contributed by atoms with Gasteiger partial charge in [-0.15, -0.1) is 0 Å². The van der Waals surface area contributed by atoms with E-state index in [4.69, 9.17) is 23.2 Å². The van der Waals surface area contributed by atoms with Gasteiger partial charge in [0.1, 0.15) is 6.33 Å². The van der Waals surface area contributed by atoms with Crippen LogP contribution < -0.4 is 10.9 Å². The van der Waals surface area contributed by atoms with E-state index in [-0.39, 0.29) is 5.91 Å². The number of aromatic nitrogens is 4. The lowest BCUT2D eigenvalue weighted by Gasteiger charge is -2.09. The Morgan fingerprint density at radius 1 is 1.07 bits per heavy atom. The zero-order valence-corrected chi connectivity index (χ0v) is 16.9. The molecule has 0 fully saturated rings. The molecule has 0 aliphatic carbocycles. The largest absolute Gasteiger partial charge is 0.281 e. The number of hydrogen-bond acceptors (Lipinski definition) is 5. The van der Waals surface area contributed by atoms with E-state index < -0.39 is 0 Å². The number of hydrogen-bond donors (Lipinski definition) is 2. The fourth-order valence-corrected chi connectivity index (χ4v) is 3.12. The van der Waals surface area contributed by atoms with E-state index in [1.807, 2.05) is 12.1 Å². The van der Waals surface area contributed by atoms with Crippen molar-refractivity contribution in [2.45, 2.75) is 13.3 Å². The second-order valence-electron chi connectivity index (χ2n) is 6.24. The van der Waals surface area contributed by atoms with Crippen LogP contribution in [-0.2, 0) is 6.42 Å². The molecule has 0 spiro atoms. The molecule has 0 aliphatic rings. The topological polar surface area (TPSA) is 84.7 Å². The quantitative estimate of drug-likeness (QED) is 0.460. The minimum absolute atomic E-state index is 0.267. The third-order valence-electron chi connectivity index (χ3n) is 4.43. The van der Waals surface area contributed by atoms with Gasteiger partial charge in [0, 0.05) is 5.56 Å². The highest BCUT2D eigenvalue weighted by Gasteiger charge is 2.13. The van der Waals surface area contributed by atoms with Crippen molar-refractivity contribution in [3.05, 3.63) is 76.2 Å². The van der Waals surface area contributed by atoms with Gasteiger partial charge in [0.25, 0.3) is 5.91 Å². The molecule has 4 rings (SSSR count). The van der Waals surface area contributed by atoms with Crippen LogP contribution >= 0.6 is 23.2 Å². The molecule has 0 radical (unpaired) electrons. The number of benzene rings is 2. The zero-order valence-electron chi connectivity index (χ0n) is 15.4. The lowest BCUT2D eigenvalue weighted by Crippen LogP contribution is -2.29. The van der Waals surface area contributed by atoms with Crippen molar-refractivity contribution in [2.75, 3.05) is 5.43 Å². The van der Waals surface area contributed by atoms with Gasteiger partial charge in [-0.3, -0.25) is 15.6 Å². The molecule has 0 unspecified atom stereocenters. The molecule has 0 saturated carbocycles. The molecule has 0 saturated heterocycles. The van der Waals surface area contributed by atoms with E-state index in [9.17, 15) is 4.79 Å².